The highest BCUT2D eigenvalue weighted by Crippen LogP contribution is 2.34. The maximum Gasteiger partial charge on any atom is 0.243 e. The standard InChI is InChI=1S/C11H8Br2ClFN2O2S2/c12-5-1-2-20-7(5)4-17-21(18,19)8-3-6(14)9(13)11(16)10(8)15/h1-3,17H,4,16H2. The van der Waals surface area contributed by atoms with E-state index in [0.717, 1.165) is 15.4 Å². The summed E-state index contributed by atoms with van der Waals surface area (Å²) in [5.41, 5.74) is 5.14. The zero-order valence-electron chi connectivity index (χ0n) is 10.2. The molecule has 4 nitrogen and oxygen atoms in total. The molecule has 0 saturated heterocycles. The van der Waals surface area contributed by atoms with E-state index in [1.807, 2.05) is 5.38 Å². The molecule has 0 aliphatic rings. The average molecular weight is 479 g/mol. The summed E-state index contributed by atoms with van der Waals surface area (Å²) in [7, 11) is -4.07. The molecule has 0 atom stereocenters. The van der Waals surface area contributed by atoms with Gasteiger partial charge in [0.25, 0.3) is 0 Å². The molecule has 0 aliphatic carbocycles. The van der Waals surface area contributed by atoms with Gasteiger partial charge in [0, 0.05) is 15.9 Å². The van der Waals surface area contributed by atoms with Gasteiger partial charge in [-0.15, -0.1) is 11.3 Å². The summed E-state index contributed by atoms with van der Waals surface area (Å²) in [4.78, 5) is 0.191. The van der Waals surface area contributed by atoms with Crippen molar-refractivity contribution in [3.8, 4) is 0 Å². The van der Waals surface area contributed by atoms with Crippen molar-refractivity contribution in [3.63, 3.8) is 0 Å². The zero-order chi connectivity index (χ0) is 15.8. The molecular weight excluding hydrogens is 471 g/mol. The van der Waals surface area contributed by atoms with Crippen LogP contribution in [-0.4, -0.2) is 8.42 Å². The molecular formula is C11H8Br2ClFN2O2S2. The summed E-state index contributed by atoms with van der Waals surface area (Å²) in [5.74, 6) is -1.04. The Morgan fingerprint density at radius 2 is 2.10 bits per heavy atom. The van der Waals surface area contributed by atoms with E-state index >= 15 is 0 Å². The monoisotopic (exact) mass is 476 g/mol. The maximum absolute atomic E-state index is 14.0. The molecule has 0 spiro atoms. The summed E-state index contributed by atoms with van der Waals surface area (Å²) in [6, 6.07) is 2.81. The molecule has 10 heteroatoms. The van der Waals surface area contributed by atoms with Crippen LogP contribution in [0.1, 0.15) is 4.88 Å². The van der Waals surface area contributed by atoms with E-state index in [-0.39, 0.29) is 21.7 Å². The highest BCUT2D eigenvalue weighted by molar-refractivity contribution is 9.11. The molecule has 1 aromatic heterocycles. The number of nitrogens with one attached hydrogen (secondary N) is 1. The summed E-state index contributed by atoms with van der Waals surface area (Å²) in [6.07, 6.45) is 0. The Morgan fingerprint density at radius 1 is 1.43 bits per heavy atom. The van der Waals surface area contributed by atoms with Gasteiger partial charge >= 0.3 is 0 Å². The third-order valence-corrected chi connectivity index (χ3v) is 7.27. The van der Waals surface area contributed by atoms with Crippen molar-refractivity contribution in [1.29, 1.82) is 0 Å². The SMILES string of the molecule is Nc1c(F)c(S(=O)(=O)NCc2sccc2Br)cc(Cl)c1Br. The minimum Gasteiger partial charge on any atom is -0.395 e. The van der Waals surface area contributed by atoms with E-state index in [9.17, 15) is 12.8 Å². The third-order valence-electron chi connectivity index (χ3n) is 2.56. The summed E-state index contributed by atoms with van der Waals surface area (Å²) < 4.78 is 41.6. The molecule has 2 aromatic rings. The second kappa shape index (κ2) is 6.51. The van der Waals surface area contributed by atoms with Crippen molar-refractivity contribution in [2.75, 3.05) is 5.73 Å². The third kappa shape index (κ3) is 3.59. The largest absolute Gasteiger partial charge is 0.395 e. The van der Waals surface area contributed by atoms with Crippen molar-refractivity contribution in [3.05, 3.63) is 42.2 Å². The molecule has 2 rings (SSSR count). The van der Waals surface area contributed by atoms with Gasteiger partial charge in [0.1, 0.15) is 4.90 Å². The number of thiophene rings is 1. The van der Waals surface area contributed by atoms with Crippen LogP contribution in [0.25, 0.3) is 0 Å². The molecule has 1 aromatic carbocycles. The van der Waals surface area contributed by atoms with Gasteiger partial charge in [-0.05, 0) is 49.4 Å². The molecule has 1 heterocycles. The second-order valence-electron chi connectivity index (χ2n) is 3.91. The van der Waals surface area contributed by atoms with Crippen LogP contribution in [0.4, 0.5) is 10.1 Å². The lowest BCUT2D eigenvalue weighted by atomic mass is 10.3. The quantitative estimate of drug-likeness (QED) is 0.513. The summed E-state index contributed by atoms with van der Waals surface area (Å²) in [6.45, 7) is 0.0353. The number of nitrogen functional groups attached to an aromatic ring is 1. The predicted molar refractivity (Wildman–Crippen MR) is 89.6 cm³/mol. The maximum atomic E-state index is 14.0. The molecule has 0 saturated carbocycles. The first kappa shape index (κ1) is 17.2. The number of hydrogen-bond donors (Lipinski definition) is 2. The predicted octanol–water partition coefficient (Wildman–Crippen LogP) is 4.13. The zero-order valence-corrected chi connectivity index (χ0v) is 15.7. The summed E-state index contributed by atoms with van der Waals surface area (Å²) in [5, 5.41) is 1.83. The first-order chi connectivity index (χ1) is 9.74. The van der Waals surface area contributed by atoms with Crippen LogP contribution in [0.5, 0.6) is 0 Å². The van der Waals surface area contributed by atoms with E-state index in [2.05, 4.69) is 36.6 Å². The normalized spacial score (nSPS) is 11.8. The molecule has 0 unspecified atom stereocenters. The molecule has 0 radical (unpaired) electrons. The van der Waals surface area contributed by atoms with Crippen LogP contribution in [0.2, 0.25) is 5.02 Å². The Bertz CT molecular complexity index is 796. The first-order valence-corrected chi connectivity index (χ1v) is 9.71. The molecule has 3 N–H and O–H groups in total. The number of anilines is 1. The fraction of sp³-hybridized carbons (Fsp3) is 0.0909. The van der Waals surface area contributed by atoms with E-state index in [4.69, 9.17) is 17.3 Å². The lowest BCUT2D eigenvalue weighted by Crippen LogP contribution is -2.24. The molecule has 114 valence electrons. The van der Waals surface area contributed by atoms with Gasteiger partial charge in [0.05, 0.1) is 15.2 Å². The molecule has 0 bridgehead atoms. The van der Waals surface area contributed by atoms with E-state index in [1.54, 1.807) is 6.07 Å². The molecule has 0 fully saturated rings. The summed E-state index contributed by atoms with van der Waals surface area (Å²) >= 11 is 13.5. The number of benzene rings is 1. The Balaban J connectivity index is 2.34. The van der Waals surface area contributed by atoms with Gasteiger partial charge in [0.2, 0.25) is 10.0 Å². The van der Waals surface area contributed by atoms with Crippen molar-refractivity contribution in [2.24, 2.45) is 0 Å². The Morgan fingerprint density at radius 3 is 2.67 bits per heavy atom. The minimum atomic E-state index is -4.07. The second-order valence-corrected chi connectivity index (χ2v) is 8.71. The van der Waals surface area contributed by atoms with E-state index in [0.29, 0.717) is 0 Å². The Labute approximate surface area is 146 Å². The van der Waals surface area contributed by atoms with Crippen LogP contribution in [0.3, 0.4) is 0 Å². The van der Waals surface area contributed by atoms with Gasteiger partial charge in [-0.2, -0.15) is 0 Å². The number of hydrogen-bond acceptors (Lipinski definition) is 4. The van der Waals surface area contributed by atoms with Gasteiger partial charge in [-0.1, -0.05) is 11.6 Å². The minimum absolute atomic E-state index is 0.0200. The Hall–Kier alpha value is -0.190. The highest BCUT2D eigenvalue weighted by Gasteiger charge is 2.24. The van der Waals surface area contributed by atoms with E-state index in [1.165, 1.54) is 11.3 Å². The lowest BCUT2D eigenvalue weighted by molar-refractivity contribution is 0.558. The number of rotatable bonds is 4. The van der Waals surface area contributed by atoms with Gasteiger partial charge in [-0.25, -0.2) is 17.5 Å². The number of halogens is 4. The van der Waals surface area contributed by atoms with Gasteiger partial charge in [0.15, 0.2) is 5.82 Å². The fourth-order valence-electron chi connectivity index (χ4n) is 1.48. The number of nitrogens with two attached hydrogens (primary N) is 1. The van der Waals surface area contributed by atoms with Crippen LogP contribution >= 0.6 is 54.8 Å². The fourth-order valence-corrected chi connectivity index (χ4v) is 4.68. The van der Waals surface area contributed by atoms with E-state index < -0.39 is 20.7 Å². The topological polar surface area (TPSA) is 72.2 Å². The van der Waals surface area contributed by atoms with Crippen LogP contribution in [0, 0.1) is 5.82 Å². The smallest absolute Gasteiger partial charge is 0.243 e. The molecule has 21 heavy (non-hydrogen) atoms. The lowest BCUT2D eigenvalue weighted by Gasteiger charge is -2.11. The Kier molecular flexibility index (Phi) is 5.32. The van der Waals surface area contributed by atoms with Crippen LogP contribution in [0.15, 0.2) is 31.4 Å². The van der Waals surface area contributed by atoms with Crippen LogP contribution < -0.4 is 10.5 Å². The van der Waals surface area contributed by atoms with Crippen molar-refractivity contribution in [2.45, 2.75) is 11.4 Å². The molecule has 0 amide bonds. The highest BCUT2D eigenvalue weighted by atomic mass is 79.9. The first-order valence-electron chi connectivity index (χ1n) is 5.38. The number of sulfonamides is 1. The average Bonchev–Trinajstić information content (AvgIpc) is 2.83. The van der Waals surface area contributed by atoms with Gasteiger partial charge in [-0.3, -0.25) is 0 Å². The van der Waals surface area contributed by atoms with Crippen molar-refractivity contribution >= 4 is 70.5 Å². The molecule has 0 aliphatic heterocycles. The van der Waals surface area contributed by atoms with Crippen LogP contribution in [-0.2, 0) is 16.6 Å². The van der Waals surface area contributed by atoms with Crippen molar-refractivity contribution in [1.82, 2.24) is 4.72 Å². The van der Waals surface area contributed by atoms with Crippen molar-refractivity contribution < 1.29 is 12.8 Å². The van der Waals surface area contributed by atoms with Gasteiger partial charge < -0.3 is 5.73 Å².